The first-order valence-corrected chi connectivity index (χ1v) is 8.22. The molecule has 5 nitrogen and oxygen atoms in total. The van der Waals surface area contributed by atoms with Crippen molar-refractivity contribution >= 4 is 38.8 Å². The lowest BCUT2D eigenvalue weighted by Crippen LogP contribution is -2.18. The fraction of sp³-hybridized carbons (Fsp3) is 0.0667. The van der Waals surface area contributed by atoms with E-state index in [2.05, 4.69) is 15.6 Å². The van der Waals surface area contributed by atoms with Gasteiger partial charge >= 0.3 is 6.03 Å². The summed E-state index contributed by atoms with van der Waals surface area (Å²) in [5.41, 5.74) is 1.75. The molecule has 7 heteroatoms. The lowest BCUT2D eigenvalue weighted by Gasteiger charge is -2.03. The second kappa shape index (κ2) is 6.59. The van der Waals surface area contributed by atoms with E-state index in [1.807, 2.05) is 47.2 Å². The van der Waals surface area contributed by atoms with Crippen molar-refractivity contribution in [3.63, 3.8) is 0 Å². The Balaban J connectivity index is 1.69. The number of methoxy groups -OCH3 is 1. The molecule has 112 valence electrons. The van der Waals surface area contributed by atoms with E-state index in [1.54, 1.807) is 7.11 Å². The number of thiophene rings is 1. The molecule has 22 heavy (non-hydrogen) atoms. The summed E-state index contributed by atoms with van der Waals surface area (Å²) in [5.74, 6) is 0.774. The number of carbonyl (C=O) groups is 1. The molecule has 0 aliphatic heterocycles. The molecule has 0 aliphatic carbocycles. The Morgan fingerprint density at radius 2 is 2.09 bits per heavy atom. The number of rotatable bonds is 4. The largest absolute Gasteiger partial charge is 0.497 e. The summed E-state index contributed by atoms with van der Waals surface area (Å²) in [5, 5.41) is 10.6. The van der Waals surface area contributed by atoms with Crippen molar-refractivity contribution in [3.05, 3.63) is 47.2 Å². The summed E-state index contributed by atoms with van der Waals surface area (Å²) in [7, 11) is 1.63. The fourth-order valence-electron chi connectivity index (χ4n) is 1.84. The minimum Gasteiger partial charge on any atom is -0.497 e. The van der Waals surface area contributed by atoms with Gasteiger partial charge in [0.2, 0.25) is 0 Å². The molecular weight excluding hydrogens is 318 g/mol. The quantitative estimate of drug-likeness (QED) is 0.738. The van der Waals surface area contributed by atoms with Crippen molar-refractivity contribution in [3.8, 4) is 17.0 Å². The van der Waals surface area contributed by atoms with Crippen LogP contribution < -0.4 is 15.4 Å². The third-order valence-corrected chi connectivity index (χ3v) is 4.39. The maximum Gasteiger partial charge on any atom is 0.326 e. The molecule has 0 aliphatic rings. The molecular formula is C15H13N3O2S2. The summed E-state index contributed by atoms with van der Waals surface area (Å²) in [6.07, 6.45) is 0. The van der Waals surface area contributed by atoms with E-state index in [1.165, 1.54) is 22.7 Å². The van der Waals surface area contributed by atoms with E-state index in [0.29, 0.717) is 5.13 Å². The molecule has 2 aromatic heterocycles. The van der Waals surface area contributed by atoms with Crippen molar-refractivity contribution < 1.29 is 9.53 Å². The molecule has 2 heterocycles. The van der Waals surface area contributed by atoms with Gasteiger partial charge in [-0.2, -0.15) is 0 Å². The number of carbonyl (C=O) groups excluding carboxylic acids is 1. The molecule has 0 saturated heterocycles. The molecule has 0 fully saturated rings. The molecule has 2 N–H and O–H groups in total. The molecule has 0 unspecified atom stereocenters. The first-order valence-electron chi connectivity index (χ1n) is 6.46. The molecule has 2 amide bonds. The number of thiazole rings is 1. The SMILES string of the molecule is COc1cccc(-c2csc(NC(=O)Nc3cccs3)n2)c1. The van der Waals surface area contributed by atoms with E-state index >= 15 is 0 Å². The van der Waals surface area contributed by atoms with Gasteiger partial charge in [0.05, 0.1) is 17.8 Å². The van der Waals surface area contributed by atoms with Crippen molar-refractivity contribution in [1.82, 2.24) is 4.98 Å². The molecule has 0 spiro atoms. The van der Waals surface area contributed by atoms with Crippen LogP contribution >= 0.6 is 22.7 Å². The Bertz CT molecular complexity index is 769. The predicted octanol–water partition coefficient (Wildman–Crippen LogP) is 4.52. The number of nitrogens with one attached hydrogen (secondary N) is 2. The van der Waals surface area contributed by atoms with Crippen LogP contribution in [0.15, 0.2) is 47.2 Å². The van der Waals surface area contributed by atoms with E-state index in [-0.39, 0.29) is 6.03 Å². The van der Waals surface area contributed by atoms with Gasteiger partial charge in [-0.3, -0.25) is 10.6 Å². The number of hydrogen-bond acceptors (Lipinski definition) is 5. The summed E-state index contributed by atoms with van der Waals surface area (Å²) >= 11 is 2.84. The van der Waals surface area contributed by atoms with Crippen LogP contribution in [0, 0.1) is 0 Å². The van der Waals surface area contributed by atoms with Crippen molar-refractivity contribution in [1.29, 1.82) is 0 Å². The number of urea groups is 1. The molecule has 0 bridgehead atoms. The lowest BCUT2D eigenvalue weighted by atomic mass is 10.2. The van der Waals surface area contributed by atoms with Gasteiger partial charge in [0.1, 0.15) is 5.75 Å². The Hall–Kier alpha value is -2.38. The van der Waals surface area contributed by atoms with Gasteiger partial charge in [0.15, 0.2) is 5.13 Å². The second-order valence-corrected chi connectivity index (χ2v) is 6.13. The number of hydrogen-bond donors (Lipinski definition) is 2. The lowest BCUT2D eigenvalue weighted by molar-refractivity contribution is 0.262. The molecule has 0 radical (unpaired) electrons. The number of benzene rings is 1. The summed E-state index contributed by atoms with van der Waals surface area (Å²) in [6.45, 7) is 0. The van der Waals surface area contributed by atoms with E-state index in [9.17, 15) is 4.79 Å². The molecule has 0 atom stereocenters. The van der Waals surface area contributed by atoms with Crippen LogP contribution in [-0.2, 0) is 0 Å². The second-order valence-electron chi connectivity index (χ2n) is 4.33. The van der Waals surface area contributed by atoms with Gasteiger partial charge in [-0.05, 0) is 29.6 Å². The number of nitrogens with zero attached hydrogens (tertiary/aromatic N) is 1. The van der Waals surface area contributed by atoms with Crippen LogP contribution in [0.2, 0.25) is 0 Å². The highest BCUT2D eigenvalue weighted by Crippen LogP contribution is 2.27. The average Bonchev–Trinajstić information content (AvgIpc) is 3.19. The molecule has 3 rings (SSSR count). The van der Waals surface area contributed by atoms with Gasteiger partial charge < -0.3 is 4.74 Å². The number of ether oxygens (including phenoxy) is 1. The van der Waals surface area contributed by atoms with Crippen LogP contribution in [0.4, 0.5) is 14.9 Å². The predicted molar refractivity (Wildman–Crippen MR) is 91.1 cm³/mol. The van der Waals surface area contributed by atoms with Gasteiger partial charge in [0.25, 0.3) is 0 Å². The van der Waals surface area contributed by atoms with E-state index in [4.69, 9.17) is 4.74 Å². The number of anilines is 2. The first kappa shape index (κ1) is 14.6. The summed E-state index contributed by atoms with van der Waals surface area (Å²) < 4.78 is 5.20. The Kier molecular flexibility index (Phi) is 4.36. The Morgan fingerprint density at radius 3 is 2.86 bits per heavy atom. The standard InChI is InChI=1S/C15H13N3O2S2/c1-20-11-5-2-4-10(8-11)12-9-22-15(16-12)18-14(19)17-13-6-3-7-21-13/h2-9H,1H3,(H2,16,17,18,19). The van der Waals surface area contributed by atoms with Gasteiger partial charge in [-0.1, -0.05) is 12.1 Å². The Labute approximate surface area is 135 Å². The minimum absolute atomic E-state index is 0.297. The maximum absolute atomic E-state index is 11.9. The highest BCUT2D eigenvalue weighted by Gasteiger charge is 2.09. The molecule has 3 aromatic rings. The van der Waals surface area contributed by atoms with E-state index < -0.39 is 0 Å². The maximum atomic E-state index is 11.9. The summed E-state index contributed by atoms with van der Waals surface area (Å²) in [6, 6.07) is 11.1. The van der Waals surface area contributed by atoms with Crippen LogP contribution in [0.5, 0.6) is 5.75 Å². The first-order chi connectivity index (χ1) is 10.7. The third kappa shape index (κ3) is 3.44. The monoisotopic (exact) mass is 331 g/mol. The normalized spacial score (nSPS) is 10.2. The smallest absolute Gasteiger partial charge is 0.326 e. The number of aromatic nitrogens is 1. The van der Waals surface area contributed by atoms with Crippen LogP contribution in [0.1, 0.15) is 0 Å². The van der Waals surface area contributed by atoms with Crippen LogP contribution in [-0.4, -0.2) is 18.1 Å². The van der Waals surface area contributed by atoms with Crippen molar-refractivity contribution in [2.75, 3.05) is 17.7 Å². The molecule has 1 aromatic carbocycles. The van der Waals surface area contributed by atoms with Crippen molar-refractivity contribution in [2.45, 2.75) is 0 Å². The Morgan fingerprint density at radius 1 is 1.18 bits per heavy atom. The van der Waals surface area contributed by atoms with Gasteiger partial charge in [-0.15, -0.1) is 22.7 Å². The van der Waals surface area contributed by atoms with Crippen molar-refractivity contribution in [2.24, 2.45) is 0 Å². The fourth-order valence-corrected chi connectivity index (χ4v) is 3.16. The van der Waals surface area contributed by atoms with Gasteiger partial charge in [-0.25, -0.2) is 9.78 Å². The average molecular weight is 331 g/mol. The topological polar surface area (TPSA) is 63.2 Å². The highest BCUT2D eigenvalue weighted by molar-refractivity contribution is 7.14. The summed E-state index contributed by atoms with van der Waals surface area (Å²) in [4.78, 5) is 16.3. The van der Waals surface area contributed by atoms with E-state index in [0.717, 1.165) is 22.0 Å². The minimum atomic E-state index is -0.297. The number of amides is 2. The van der Waals surface area contributed by atoms with Crippen LogP contribution in [0.3, 0.4) is 0 Å². The molecule has 0 saturated carbocycles. The zero-order valence-electron chi connectivity index (χ0n) is 11.7. The zero-order chi connectivity index (χ0) is 15.4. The zero-order valence-corrected chi connectivity index (χ0v) is 13.3. The third-order valence-electron chi connectivity index (χ3n) is 2.85. The van der Waals surface area contributed by atoms with Gasteiger partial charge in [0, 0.05) is 10.9 Å². The van der Waals surface area contributed by atoms with Crippen LogP contribution in [0.25, 0.3) is 11.3 Å². The highest BCUT2D eigenvalue weighted by atomic mass is 32.1.